The maximum absolute atomic E-state index is 10.7. The van der Waals surface area contributed by atoms with Crippen molar-refractivity contribution < 1.29 is 9.63 Å². The molecule has 0 aliphatic carbocycles. The van der Waals surface area contributed by atoms with Crippen molar-refractivity contribution >= 4 is 5.91 Å². The van der Waals surface area contributed by atoms with Crippen molar-refractivity contribution in [1.29, 1.82) is 0 Å². The molecule has 98 valence electrons. The van der Waals surface area contributed by atoms with Crippen LogP contribution in [0, 0.1) is 0 Å². The van der Waals surface area contributed by atoms with Crippen molar-refractivity contribution in [2.24, 2.45) is 5.73 Å². The maximum Gasteiger partial charge on any atom is 0.245 e. The third kappa shape index (κ3) is 3.91. The minimum Gasteiger partial charge on any atom is -0.368 e. The molecular formula is C15H16N2O2. The fraction of sp³-hybridized carbons (Fsp3) is 0.133. The summed E-state index contributed by atoms with van der Waals surface area (Å²) >= 11 is 0. The minimum absolute atomic E-state index is 0.137. The van der Waals surface area contributed by atoms with Crippen molar-refractivity contribution in [2.45, 2.75) is 6.04 Å². The third-order valence-electron chi connectivity index (χ3n) is 2.68. The van der Waals surface area contributed by atoms with Gasteiger partial charge in [0.1, 0.15) is 6.61 Å². The van der Waals surface area contributed by atoms with E-state index in [2.05, 4.69) is 5.48 Å². The zero-order chi connectivity index (χ0) is 13.5. The molecule has 0 unspecified atom stereocenters. The lowest BCUT2D eigenvalue weighted by Gasteiger charge is -2.19. The van der Waals surface area contributed by atoms with Crippen LogP contribution in [0.5, 0.6) is 0 Å². The van der Waals surface area contributed by atoms with Gasteiger partial charge in [0.2, 0.25) is 5.91 Å². The van der Waals surface area contributed by atoms with Gasteiger partial charge in [-0.15, -0.1) is 0 Å². The van der Waals surface area contributed by atoms with Crippen LogP contribution in [0.3, 0.4) is 0 Å². The van der Waals surface area contributed by atoms with Gasteiger partial charge in [0.25, 0.3) is 0 Å². The van der Waals surface area contributed by atoms with Gasteiger partial charge in [-0.3, -0.25) is 9.63 Å². The number of amides is 1. The number of nitrogens with one attached hydrogen (secondary N) is 1. The molecule has 0 radical (unpaired) electrons. The predicted molar refractivity (Wildman–Crippen MR) is 73.0 cm³/mol. The van der Waals surface area contributed by atoms with Gasteiger partial charge in [0.15, 0.2) is 0 Å². The zero-order valence-corrected chi connectivity index (χ0v) is 10.5. The molecule has 0 bridgehead atoms. The number of hydrogen-bond donors (Lipinski definition) is 2. The molecule has 2 rings (SSSR count). The number of hydrogen-bond acceptors (Lipinski definition) is 3. The van der Waals surface area contributed by atoms with E-state index in [1.165, 1.54) is 0 Å². The molecule has 0 aliphatic rings. The Bertz CT molecular complexity index is 475. The standard InChI is InChI=1S/C15H16N2O2/c16-14(18)11-19-17-15(12-7-3-1-4-8-12)13-9-5-2-6-10-13/h1-10,15,17H,11H2,(H2,16,18). The Balaban J connectivity index is 2.17. The SMILES string of the molecule is NC(=O)CONC(c1ccccc1)c1ccccc1. The van der Waals surface area contributed by atoms with E-state index in [0.29, 0.717) is 0 Å². The van der Waals surface area contributed by atoms with Gasteiger partial charge in [-0.05, 0) is 11.1 Å². The van der Waals surface area contributed by atoms with E-state index in [1.807, 2.05) is 60.7 Å². The molecule has 0 fully saturated rings. The van der Waals surface area contributed by atoms with Gasteiger partial charge in [-0.1, -0.05) is 60.7 Å². The Morgan fingerprint density at radius 2 is 1.47 bits per heavy atom. The summed E-state index contributed by atoms with van der Waals surface area (Å²) in [6.07, 6.45) is 0. The summed E-state index contributed by atoms with van der Waals surface area (Å²) < 4.78 is 0. The quantitative estimate of drug-likeness (QED) is 0.774. The average molecular weight is 256 g/mol. The first-order chi connectivity index (χ1) is 9.27. The van der Waals surface area contributed by atoms with E-state index in [0.717, 1.165) is 11.1 Å². The van der Waals surface area contributed by atoms with Crippen molar-refractivity contribution in [2.75, 3.05) is 6.61 Å². The summed E-state index contributed by atoms with van der Waals surface area (Å²) in [5.41, 5.74) is 10.0. The Morgan fingerprint density at radius 1 is 1.00 bits per heavy atom. The lowest BCUT2D eigenvalue weighted by Crippen LogP contribution is -2.28. The molecule has 3 N–H and O–H groups in total. The molecule has 0 aliphatic heterocycles. The van der Waals surface area contributed by atoms with Gasteiger partial charge >= 0.3 is 0 Å². The highest BCUT2D eigenvalue weighted by Crippen LogP contribution is 2.21. The van der Waals surface area contributed by atoms with Crippen molar-refractivity contribution in [3.63, 3.8) is 0 Å². The molecule has 0 spiro atoms. The van der Waals surface area contributed by atoms with Crippen LogP contribution in [0.2, 0.25) is 0 Å². The van der Waals surface area contributed by atoms with Gasteiger partial charge in [0, 0.05) is 0 Å². The topological polar surface area (TPSA) is 64.4 Å². The summed E-state index contributed by atoms with van der Waals surface area (Å²) in [6.45, 7) is -0.157. The molecule has 2 aromatic carbocycles. The number of benzene rings is 2. The van der Waals surface area contributed by atoms with Crippen LogP contribution < -0.4 is 11.2 Å². The molecule has 0 aromatic heterocycles. The minimum atomic E-state index is -0.507. The third-order valence-corrected chi connectivity index (χ3v) is 2.68. The van der Waals surface area contributed by atoms with Crippen LogP contribution in [0.4, 0.5) is 0 Å². The molecule has 4 heteroatoms. The number of rotatable bonds is 6. The highest BCUT2D eigenvalue weighted by atomic mass is 16.6. The number of nitrogens with two attached hydrogens (primary N) is 1. The van der Waals surface area contributed by atoms with Crippen LogP contribution >= 0.6 is 0 Å². The predicted octanol–water partition coefficient (Wildman–Crippen LogP) is 1.78. The smallest absolute Gasteiger partial charge is 0.245 e. The molecule has 0 atom stereocenters. The second kappa shape index (κ2) is 6.68. The Kier molecular flexibility index (Phi) is 4.66. The molecule has 0 saturated heterocycles. The van der Waals surface area contributed by atoms with E-state index >= 15 is 0 Å². The van der Waals surface area contributed by atoms with E-state index in [1.54, 1.807) is 0 Å². The van der Waals surface area contributed by atoms with Crippen molar-refractivity contribution in [3.05, 3.63) is 71.8 Å². The fourth-order valence-electron chi connectivity index (χ4n) is 1.82. The molecular weight excluding hydrogens is 240 g/mol. The summed E-state index contributed by atoms with van der Waals surface area (Å²) in [7, 11) is 0. The number of primary amides is 1. The molecule has 2 aromatic rings. The second-order valence-electron chi connectivity index (χ2n) is 4.13. The van der Waals surface area contributed by atoms with Crippen LogP contribution in [0.15, 0.2) is 60.7 Å². The lowest BCUT2D eigenvalue weighted by atomic mass is 10.00. The van der Waals surface area contributed by atoms with Crippen LogP contribution in [0.1, 0.15) is 17.2 Å². The summed E-state index contributed by atoms with van der Waals surface area (Å²) in [4.78, 5) is 15.9. The average Bonchev–Trinajstić information content (AvgIpc) is 2.45. The summed E-state index contributed by atoms with van der Waals surface area (Å²) in [5.74, 6) is -0.507. The largest absolute Gasteiger partial charge is 0.368 e. The van der Waals surface area contributed by atoms with Crippen molar-refractivity contribution in [3.8, 4) is 0 Å². The number of hydroxylamine groups is 1. The normalized spacial score (nSPS) is 10.6. The van der Waals surface area contributed by atoms with Gasteiger partial charge in [0.05, 0.1) is 6.04 Å². The highest BCUT2D eigenvalue weighted by molar-refractivity contribution is 5.74. The maximum atomic E-state index is 10.7. The Morgan fingerprint density at radius 3 is 1.89 bits per heavy atom. The van der Waals surface area contributed by atoms with E-state index in [-0.39, 0.29) is 12.6 Å². The van der Waals surface area contributed by atoms with Crippen LogP contribution in [-0.2, 0) is 9.63 Å². The zero-order valence-electron chi connectivity index (χ0n) is 10.5. The summed E-state index contributed by atoms with van der Waals surface area (Å²) in [5, 5.41) is 0. The summed E-state index contributed by atoms with van der Waals surface area (Å²) in [6, 6.07) is 19.6. The van der Waals surface area contributed by atoms with Crippen molar-refractivity contribution in [1.82, 2.24) is 5.48 Å². The van der Waals surface area contributed by atoms with E-state index in [9.17, 15) is 4.79 Å². The Hall–Kier alpha value is -2.17. The second-order valence-corrected chi connectivity index (χ2v) is 4.13. The molecule has 1 amide bonds. The van der Waals surface area contributed by atoms with Gasteiger partial charge in [-0.2, -0.15) is 5.48 Å². The Labute approximate surface area is 112 Å². The van der Waals surface area contributed by atoms with Crippen LogP contribution in [-0.4, -0.2) is 12.5 Å². The molecule has 4 nitrogen and oxygen atoms in total. The van der Waals surface area contributed by atoms with Crippen LogP contribution in [0.25, 0.3) is 0 Å². The lowest BCUT2D eigenvalue weighted by molar-refractivity contribution is -0.125. The van der Waals surface area contributed by atoms with Gasteiger partial charge in [-0.25, -0.2) is 0 Å². The first kappa shape index (κ1) is 13.3. The number of carbonyl (C=O) groups excluding carboxylic acids is 1. The molecule has 0 saturated carbocycles. The van der Waals surface area contributed by atoms with E-state index < -0.39 is 5.91 Å². The molecule has 0 heterocycles. The fourth-order valence-corrected chi connectivity index (χ4v) is 1.82. The first-order valence-corrected chi connectivity index (χ1v) is 6.03. The van der Waals surface area contributed by atoms with Gasteiger partial charge < -0.3 is 5.73 Å². The first-order valence-electron chi connectivity index (χ1n) is 6.03. The monoisotopic (exact) mass is 256 g/mol. The molecule has 19 heavy (non-hydrogen) atoms. The van der Waals surface area contributed by atoms with E-state index in [4.69, 9.17) is 10.6 Å². The number of carbonyl (C=O) groups is 1. The highest BCUT2D eigenvalue weighted by Gasteiger charge is 2.13.